The quantitative estimate of drug-likeness (QED) is 0.801. The summed E-state index contributed by atoms with van der Waals surface area (Å²) in [4.78, 5) is 11.9. The smallest absolute Gasteiger partial charge is 0.243 e. The molecule has 1 heterocycles. The number of rotatable bonds is 4. The Hall–Kier alpha value is -0.850. The Balaban J connectivity index is 2.32. The van der Waals surface area contributed by atoms with E-state index in [1.165, 1.54) is 10.4 Å². The average molecular weight is 313 g/mol. The van der Waals surface area contributed by atoms with Crippen LogP contribution in [0.2, 0.25) is 0 Å². The Morgan fingerprint density at radius 3 is 2.85 bits per heavy atom. The molecule has 0 N–H and O–H groups in total. The molecule has 1 saturated heterocycles. The molecule has 1 aliphatic heterocycles. The minimum absolute atomic E-state index is 0.0374. The molecule has 110 valence electrons. The predicted molar refractivity (Wildman–Crippen MR) is 81.7 cm³/mol. The van der Waals surface area contributed by atoms with Gasteiger partial charge in [-0.25, -0.2) is 8.42 Å². The van der Waals surface area contributed by atoms with Crippen molar-refractivity contribution >= 4 is 27.6 Å². The van der Waals surface area contributed by atoms with E-state index in [1.54, 1.807) is 36.9 Å². The van der Waals surface area contributed by atoms with Crippen LogP contribution in [0.3, 0.4) is 0 Å². The summed E-state index contributed by atoms with van der Waals surface area (Å²) >= 11 is 1.78. The monoisotopic (exact) mass is 313 g/mol. The maximum Gasteiger partial charge on any atom is 0.243 e. The van der Waals surface area contributed by atoms with Crippen LogP contribution in [-0.2, 0) is 10.0 Å². The van der Waals surface area contributed by atoms with Crippen molar-refractivity contribution in [2.75, 3.05) is 18.8 Å². The van der Waals surface area contributed by atoms with E-state index in [2.05, 4.69) is 0 Å². The second-order valence-corrected chi connectivity index (χ2v) is 8.33. The molecule has 4 nitrogen and oxygen atoms in total. The van der Waals surface area contributed by atoms with Gasteiger partial charge in [0.25, 0.3) is 0 Å². The van der Waals surface area contributed by atoms with Crippen molar-refractivity contribution in [3.63, 3.8) is 0 Å². The molecule has 0 spiro atoms. The molecule has 0 saturated carbocycles. The number of nitrogens with zero attached hydrogens (tertiary/aromatic N) is 1. The standard InChI is InChI=1S/C14H19NO3S2/c1-3-14(16)12-5-4-6-13(9-12)20(17,18)15-7-8-19-11(2)10-15/h4-6,9,11H,3,7-8,10H2,1-2H3. The zero-order valence-electron chi connectivity index (χ0n) is 11.7. The van der Waals surface area contributed by atoms with Crippen molar-refractivity contribution in [2.45, 2.75) is 30.4 Å². The van der Waals surface area contributed by atoms with Crippen molar-refractivity contribution in [1.29, 1.82) is 0 Å². The number of carbonyl (C=O) groups excluding carboxylic acids is 1. The summed E-state index contributed by atoms with van der Waals surface area (Å²) in [6, 6.07) is 6.36. The Bertz CT molecular complexity index is 598. The molecule has 1 unspecified atom stereocenters. The predicted octanol–water partition coefficient (Wildman–Crippen LogP) is 2.41. The molecule has 0 aromatic heterocycles. The van der Waals surface area contributed by atoms with Crippen molar-refractivity contribution in [2.24, 2.45) is 0 Å². The molecule has 0 amide bonds. The number of benzene rings is 1. The van der Waals surface area contributed by atoms with Gasteiger partial charge in [0, 0.05) is 36.1 Å². The van der Waals surface area contributed by atoms with Crippen molar-refractivity contribution in [1.82, 2.24) is 4.31 Å². The highest BCUT2D eigenvalue weighted by Gasteiger charge is 2.29. The Kier molecular flexibility index (Phi) is 4.88. The van der Waals surface area contributed by atoms with Gasteiger partial charge in [0.05, 0.1) is 4.90 Å². The van der Waals surface area contributed by atoms with Crippen LogP contribution in [0.5, 0.6) is 0 Å². The minimum Gasteiger partial charge on any atom is -0.294 e. The van der Waals surface area contributed by atoms with Gasteiger partial charge in [0.15, 0.2) is 5.78 Å². The van der Waals surface area contributed by atoms with Gasteiger partial charge >= 0.3 is 0 Å². The largest absolute Gasteiger partial charge is 0.294 e. The maximum absolute atomic E-state index is 12.6. The molecule has 6 heteroatoms. The lowest BCUT2D eigenvalue weighted by atomic mass is 10.1. The maximum atomic E-state index is 12.6. The molecule has 0 radical (unpaired) electrons. The van der Waals surface area contributed by atoms with E-state index in [-0.39, 0.29) is 10.7 Å². The molecule has 2 rings (SSSR count). The zero-order valence-corrected chi connectivity index (χ0v) is 13.3. The normalized spacial score (nSPS) is 20.8. The molecule has 0 bridgehead atoms. The van der Waals surface area contributed by atoms with Gasteiger partial charge in [0.2, 0.25) is 10.0 Å². The van der Waals surface area contributed by atoms with E-state index >= 15 is 0 Å². The summed E-state index contributed by atoms with van der Waals surface area (Å²) < 4.78 is 26.7. The minimum atomic E-state index is -3.49. The third-order valence-electron chi connectivity index (χ3n) is 3.32. The highest BCUT2D eigenvalue weighted by atomic mass is 32.2. The number of ketones is 1. The lowest BCUT2D eigenvalue weighted by Gasteiger charge is -2.29. The first-order valence-corrected chi connectivity index (χ1v) is 9.19. The van der Waals surface area contributed by atoms with E-state index in [1.807, 2.05) is 6.92 Å². The van der Waals surface area contributed by atoms with Crippen LogP contribution in [0.1, 0.15) is 30.6 Å². The van der Waals surface area contributed by atoms with Gasteiger partial charge in [-0.2, -0.15) is 16.1 Å². The van der Waals surface area contributed by atoms with Crippen LogP contribution in [0.4, 0.5) is 0 Å². The fraction of sp³-hybridized carbons (Fsp3) is 0.500. The SMILES string of the molecule is CCC(=O)c1cccc(S(=O)(=O)N2CCSC(C)C2)c1. The number of thioether (sulfide) groups is 1. The van der Waals surface area contributed by atoms with E-state index < -0.39 is 10.0 Å². The van der Waals surface area contributed by atoms with Gasteiger partial charge in [-0.1, -0.05) is 26.0 Å². The topological polar surface area (TPSA) is 54.5 Å². The first-order valence-electron chi connectivity index (χ1n) is 6.70. The molecule has 1 aromatic carbocycles. The third-order valence-corrected chi connectivity index (χ3v) is 6.32. The molecule has 0 aliphatic carbocycles. The third kappa shape index (κ3) is 3.24. The lowest BCUT2D eigenvalue weighted by molar-refractivity contribution is 0.0988. The molecule has 1 aromatic rings. The van der Waals surface area contributed by atoms with Gasteiger partial charge in [-0.3, -0.25) is 4.79 Å². The van der Waals surface area contributed by atoms with Gasteiger partial charge in [-0.05, 0) is 12.1 Å². The zero-order chi connectivity index (χ0) is 14.8. The van der Waals surface area contributed by atoms with Gasteiger partial charge < -0.3 is 0 Å². The van der Waals surface area contributed by atoms with E-state index in [0.717, 1.165) is 5.75 Å². The Labute approximate surface area is 124 Å². The van der Waals surface area contributed by atoms with E-state index in [4.69, 9.17) is 0 Å². The number of carbonyl (C=O) groups is 1. The number of hydrogen-bond acceptors (Lipinski definition) is 4. The fourth-order valence-corrected chi connectivity index (χ4v) is 4.99. The van der Waals surface area contributed by atoms with Crippen molar-refractivity contribution < 1.29 is 13.2 Å². The van der Waals surface area contributed by atoms with E-state index in [9.17, 15) is 13.2 Å². The van der Waals surface area contributed by atoms with E-state index in [0.29, 0.717) is 30.3 Å². The van der Waals surface area contributed by atoms with Crippen LogP contribution >= 0.6 is 11.8 Å². The average Bonchev–Trinajstić information content (AvgIpc) is 2.46. The molecular weight excluding hydrogens is 294 g/mol. The summed E-state index contributed by atoms with van der Waals surface area (Å²) in [6.07, 6.45) is 0.376. The van der Waals surface area contributed by atoms with Crippen LogP contribution in [0, 0.1) is 0 Å². The van der Waals surface area contributed by atoms with Gasteiger partial charge in [-0.15, -0.1) is 0 Å². The molecule has 1 atom stereocenters. The first-order chi connectivity index (χ1) is 9.45. The van der Waals surface area contributed by atoms with Crippen LogP contribution in [-0.4, -0.2) is 42.6 Å². The van der Waals surface area contributed by atoms with Crippen molar-refractivity contribution in [3.8, 4) is 0 Å². The first kappa shape index (κ1) is 15.5. The van der Waals surface area contributed by atoms with Crippen LogP contribution in [0.15, 0.2) is 29.2 Å². The molecule has 20 heavy (non-hydrogen) atoms. The molecule has 1 fully saturated rings. The van der Waals surface area contributed by atoms with Crippen LogP contribution in [0.25, 0.3) is 0 Å². The van der Waals surface area contributed by atoms with Crippen LogP contribution < -0.4 is 0 Å². The molecule has 1 aliphatic rings. The lowest BCUT2D eigenvalue weighted by Crippen LogP contribution is -2.40. The summed E-state index contributed by atoms with van der Waals surface area (Å²) in [6.45, 7) is 4.86. The number of hydrogen-bond donors (Lipinski definition) is 0. The highest BCUT2D eigenvalue weighted by molar-refractivity contribution is 8.00. The molecular formula is C14H19NO3S2. The Morgan fingerprint density at radius 1 is 1.45 bits per heavy atom. The second-order valence-electron chi connectivity index (χ2n) is 4.85. The Morgan fingerprint density at radius 2 is 2.20 bits per heavy atom. The summed E-state index contributed by atoms with van der Waals surface area (Å²) in [5.74, 6) is 0.776. The summed E-state index contributed by atoms with van der Waals surface area (Å²) in [7, 11) is -3.49. The summed E-state index contributed by atoms with van der Waals surface area (Å²) in [5.41, 5.74) is 0.466. The fourth-order valence-electron chi connectivity index (χ4n) is 2.19. The van der Waals surface area contributed by atoms with Gasteiger partial charge in [0.1, 0.15) is 0 Å². The van der Waals surface area contributed by atoms with Crippen molar-refractivity contribution in [3.05, 3.63) is 29.8 Å². The number of sulfonamides is 1. The summed E-state index contributed by atoms with van der Waals surface area (Å²) in [5, 5.41) is 0.305. The second kappa shape index (κ2) is 6.28. The highest BCUT2D eigenvalue weighted by Crippen LogP contribution is 2.24. The number of Topliss-reactive ketones (excluding diaryl/α,β-unsaturated/α-hetero) is 1.